The van der Waals surface area contributed by atoms with E-state index in [0.717, 1.165) is 12.1 Å². The highest BCUT2D eigenvalue weighted by molar-refractivity contribution is 5.69. The number of nitrogens with zero attached hydrogens (tertiary/aromatic N) is 1. The number of anilines is 1. The van der Waals surface area contributed by atoms with Crippen molar-refractivity contribution in [1.29, 1.82) is 5.26 Å². The van der Waals surface area contributed by atoms with E-state index in [1.807, 2.05) is 0 Å². The Morgan fingerprint density at radius 2 is 2.16 bits per heavy atom. The third-order valence-corrected chi connectivity index (χ3v) is 2.33. The molecule has 0 saturated heterocycles. The number of hydrogen-bond acceptors (Lipinski definition) is 4. The summed E-state index contributed by atoms with van der Waals surface area (Å²) in [7, 11) is 1.23. The summed E-state index contributed by atoms with van der Waals surface area (Å²) in [4.78, 5) is 10.8. The molecule has 0 aliphatic heterocycles. The van der Waals surface area contributed by atoms with Crippen LogP contribution in [0.5, 0.6) is 0 Å². The van der Waals surface area contributed by atoms with E-state index in [1.165, 1.54) is 19.2 Å². The van der Waals surface area contributed by atoms with Gasteiger partial charge in [-0.05, 0) is 18.2 Å². The summed E-state index contributed by atoms with van der Waals surface area (Å²) in [6, 6.07) is 4.77. The zero-order chi connectivity index (χ0) is 14.5. The van der Waals surface area contributed by atoms with Crippen molar-refractivity contribution in [2.24, 2.45) is 0 Å². The number of rotatable bonds is 4. The van der Waals surface area contributed by atoms with Crippen LogP contribution in [0.2, 0.25) is 0 Å². The second kappa shape index (κ2) is 6.09. The van der Waals surface area contributed by atoms with Crippen LogP contribution in [0.15, 0.2) is 18.2 Å². The second-order valence-corrected chi connectivity index (χ2v) is 3.62. The first kappa shape index (κ1) is 14.8. The summed E-state index contributed by atoms with van der Waals surface area (Å²) in [6.07, 6.45) is -4.55. The Hall–Kier alpha value is -2.23. The van der Waals surface area contributed by atoms with Crippen molar-refractivity contribution in [2.75, 3.05) is 19.0 Å². The van der Waals surface area contributed by atoms with Crippen LogP contribution in [0, 0.1) is 11.3 Å². The number of carbonyl (C=O) groups is 1. The Kier molecular flexibility index (Phi) is 4.75. The molecule has 4 nitrogen and oxygen atoms in total. The fourth-order valence-corrected chi connectivity index (χ4v) is 1.40. The molecule has 0 bridgehead atoms. The third-order valence-electron chi connectivity index (χ3n) is 2.33. The van der Waals surface area contributed by atoms with Crippen molar-refractivity contribution in [1.82, 2.24) is 0 Å². The van der Waals surface area contributed by atoms with E-state index in [2.05, 4.69) is 10.1 Å². The normalized spacial score (nSPS) is 10.7. The summed E-state index contributed by atoms with van der Waals surface area (Å²) < 4.78 is 42.4. The molecular weight excluding hydrogens is 261 g/mol. The number of methoxy groups -OCH3 is 1. The minimum atomic E-state index is -4.59. The molecule has 0 atom stereocenters. The number of esters is 1. The number of alkyl halides is 3. The summed E-state index contributed by atoms with van der Waals surface area (Å²) in [6.45, 7) is 0.149. The molecule has 0 unspecified atom stereocenters. The SMILES string of the molecule is COC(=O)CCNc1ccc(C#N)c(C(F)(F)F)c1. The predicted octanol–water partition coefficient (Wildman–Crippen LogP) is 2.55. The van der Waals surface area contributed by atoms with Crippen molar-refractivity contribution >= 4 is 11.7 Å². The van der Waals surface area contributed by atoms with Crippen molar-refractivity contribution in [2.45, 2.75) is 12.6 Å². The highest BCUT2D eigenvalue weighted by atomic mass is 19.4. The highest BCUT2D eigenvalue weighted by Gasteiger charge is 2.33. The van der Waals surface area contributed by atoms with Gasteiger partial charge in [-0.1, -0.05) is 0 Å². The number of nitrogens with one attached hydrogen (secondary N) is 1. The molecule has 1 N–H and O–H groups in total. The van der Waals surface area contributed by atoms with Crippen LogP contribution in [0.25, 0.3) is 0 Å². The topological polar surface area (TPSA) is 62.1 Å². The lowest BCUT2D eigenvalue weighted by atomic mass is 10.1. The average Bonchev–Trinajstić information content (AvgIpc) is 2.37. The lowest BCUT2D eigenvalue weighted by Crippen LogP contribution is -2.12. The van der Waals surface area contributed by atoms with E-state index in [4.69, 9.17) is 5.26 Å². The van der Waals surface area contributed by atoms with E-state index in [-0.39, 0.29) is 18.7 Å². The average molecular weight is 272 g/mol. The standard InChI is InChI=1S/C12H11F3N2O2/c1-19-11(18)4-5-17-9-3-2-8(7-16)10(6-9)12(13,14)15/h2-3,6,17H,4-5H2,1H3. The molecule has 0 amide bonds. The molecule has 0 radical (unpaired) electrons. The quantitative estimate of drug-likeness (QED) is 0.856. The molecular formula is C12H11F3N2O2. The highest BCUT2D eigenvalue weighted by Crippen LogP contribution is 2.33. The fraction of sp³-hybridized carbons (Fsp3) is 0.333. The Bertz CT molecular complexity index is 507. The van der Waals surface area contributed by atoms with Crippen LogP contribution in [0.3, 0.4) is 0 Å². The van der Waals surface area contributed by atoms with E-state index in [1.54, 1.807) is 0 Å². The molecule has 0 heterocycles. The molecule has 102 valence electrons. The number of carbonyl (C=O) groups excluding carboxylic acids is 1. The van der Waals surface area contributed by atoms with Gasteiger partial charge in [-0.2, -0.15) is 18.4 Å². The van der Waals surface area contributed by atoms with Crippen LogP contribution in [0.1, 0.15) is 17.5 Å². The lowest BCUT2D eigenvalue weighted by molar-refractivity contribution is -0.140. The van der Waals surface area contributed by atoms with Gasteiger partial charge < -0.3 is 10.1 Å². The zero-order valence-electron chi connectivity index (χ0n) is 10.0. The van der Waals surface area contributed by atoms with Gasteiger partial charge in [0.2, 0.25) is 0 Å². The Morgan fingerprint density at radius 1 is 1.47 bits per heavy atom. The van der Waals surface area contributed by atoms with E-state index < -0.39 is 23.3 Å². The Balaban J connectivity index is 2.82. The molecule has 19 heavy (non-hydrogen) atoms. The van der Waals surface area contributed by atoms with Crippen molar-refractivity contribution < 1.29 is 22.7 Å². The first-order valence-corrected chi connectivity index (χ1v) is 5.30. The maximum Gasteiger partial charge on any atom is 0.417 e. The first-order valence-electron chi connectivity index (χ1n) is 5.30. The third kappa shape index (κ3) is 4.17. The Morgan fingerprint density at radius 3 is 2.68 bits per heavy atom. The number of ether oxygens (including phenoxy) is 1. The number of halogens is 3. The predicted molar refractivity (Wildman–Crippen MR) is 61.3 cm³/mol. The molecule has 0 spiro atoms. The molecule has 1 aromatic carbocycles. The molecule has 0 fully saturated rings. The van der Waals surface area contributed by atoms with Crippen molar-refractivity contribution in [3.63, 3.8) is 0 Å². The van der Waals surface area contributed by atoms with Gasteiger partial charge in [0, 0.05) is 12.2 Å². The second-order valence-electron chi connectivity index (χ2n) is 3.62. The lowest BCUT2D eigenvalue weighted by Gasteiger charge is -2.12. The van der Waals surface area contributed by atoms with Crippen LogP contribution in [-0.2, 0) is 15.7 Å². The van der Waals surface area contributed by atoms with Crippen LogP contribution in [-0.4, -0.2) is 19.6 Å². The summed E-state index contributed by atoms with van der Waals surface area (Å²) in [5, 5.41) is 11.3. The molecule has 1 rings (SSSR count). The maximum absolute atomic E-state index is 12.7. The molecule has 0 saturated carbocycles. The maximum atomic E-state index is 12.7. The fourth-order valence-electron chi connectivity index (χ4n) is 1.40. The number of nitriles is 1. The van der Waals surface area contributed by atoms with Crippen LogP contribution < -0.4 is 5.32 Å². The molecule has 0 aliphatic rings. The molecule has 1 aromatic rings. The Labute approximate surface area is 107 Å². The molecule has 0 aliphatic carbocycles. The minimum Gasteiger partial charge on any atom is -0.469 e. The summed E-state index contributed by atoms with van der Waals surface area (Å²) in [5.74, 6) is -0.461. The zero-order valence-corrected chi connectivity index (χ0v) is 10.0. The number of benzene rings is 1. The van der Waals surface area contributed by atoms with Gasteiger partial charge >= 0.3 is 12.1 Å². The van der Waals surface area contributed by atoms with E-state index in [9.17, 15) is 18.0 Å². The van der Waals surface area contributed by atoms with E-state index >= 15 is 0 Å². The molecule has 0 aromatic heterocycles. The van der Waals surface area contributed by atoms with Gasteiger partial charge in [-0.25, -0.2) is 0 Å². The minimum absolute atomic E-state index is 0.0395. The van der Waals surface area contributed by atoms with Crippen LogP contribution >= 0.6 is 0 Å². The van der Waals surface area contributed by atoms with Gasteiger partial charge in [0.15, 0.2) is 0 Å². The van der Waals surface area contributed by atoms with Gasteiger partial charge in [-0.15, -0.1) is 0 Å². The monoisotopic (exact) mass is 272 g/mol. The van der Waals surface area contributed by atoms with Crippen molar-refractivity contribution in [3.05, 3.63) is 29.3 Å². The van der Waals surface area contributed by atoms with E-state index in [0.29, 0.717) is 0 Å². The summed E-state index contributed by atoms with van der Waals surface area (Å²) >= 11 is 0. The first-order chi connectivity index (χ1) is 8.88. The van der Waals surface area contributed by atoms with Crippen LogP contribution in [0.4, 0.5) is 18.9 Å². The number of hydrogen-bond donors (Lipinski definition) is 1. The van der Waals surface area contributed by atoms with Crippen molar-refractivity contribution in [3.8, 4) is 6.07 Å². The van der Waals surface area contributed by atoms with Gasteiger partial charge in [0.1, 0.15) is 0 Å². The largest absolute Gasteiger partial charge is 0.469 e. The summed E-state index contributed by atoms with van der Waals surface area (Å²) in [5.41, 5.74) is -1.25. The van der Waals surface area contributed by atoms with Gasteiger partial charge in [0.05, 0.1) is 30.7 Å². The van der Waals surface area contributed by atoms with Gasteiger partial charge in [0.25, 0.3) is 0 Å². The molecule has 7 heteroatoms. The smallest absolute Gasteiger partial charge is 0.417 e. The van der Waals surface area contributed by atoms with Gasteiger partial charge in [-0.3, -0.25) is 4.79 Å².